The highest BCUT2D eigenvalue weighted by Crippen LogP contribution is 2.16. The highest BCUT2D eigenvalue weighted by atomic mass is 79.9. The van der Waals surface area contributed by atoms with Gasteiger partial charge in [-0.05, 0) is 28.1 Å². The van der Waals surface area contributed by atoms with Crippen molar-refractivity contribution in [2.24, 2.45) is 0 Å². The quantitative estimate of drug-likeness (QED) is 0.838. The van der Waals surface area contributed by atoms with Gasteiger partial charge in [-0.2, -0.15) is 0 Å². The van der Waals surface area contributed by atoms with Crippen LogP contribution in [-0.2, 0) is 11.2 Å². The van der Waals surface area contributed by atoms with Crippen molar-refractivity contribution in [1.82, 2.24) is 14.6 Å². The molecule has 5 heteroatoms. The maximum atomic E-state index is 5.00. The minimum Gasteiger partial charge on any atom is -0.384 e. The van der Waals surface area contributed by atoms with Crippen LogP contribution >= 0.6 is 15.9 Å². The monoisotopic (exact) mass is 255 g/mol. The van der Waals surface area contributed by atoms with Gasteiger partial charge in [0.05, 0.1) is 11.1 Å². The first kappa shape index (κ1) is 9.61. The summed E-state index contributed by atoms with van der Waals surface area (Å²) < 4.78 is 7.92. The molecule has 0 aromatic carbocycles. The van der Waals surface area contributed by atoms with Gasteiger partial charge in [0.15, 0.2) is 5.65 Å². The lowest BCUT2D eigenvalue weighted by Gasteiger charge is -1.99. The van der Waals surface area contributed by atoms with E-state index in [1.165, 1.54) is 0 Å². The SMILES string of the molecule is COCCc1nnc2c(Br)cccn12. The predicted octanol–water partition coefficient (Wildman–Crippen LogP) is 1.68. The van der Waals surface area contributed by atoms with E-state index in [2.05, 4.69) is 26.1 Å². The van der Waals surface area contributed by atoms with E-state index in [1.54, 1.807) is 7.11 Å². The van der Waals surface area contributed by atoms with Crippen molar-refractivity contribution in [3.63, 3.8) is 0 Å². The fourth-order valence-corrected chi connectivity index (χ4v) is 1.72. The molecule has 2 rings (SSSR count). The molecule has 2 aromatic heterocycles. The molecule has 0 unspecified atom stereocenters. The Kier molecular flexibility index (Phi) is 2.79. The van der Waals surface area contributed by atoms with E-state index in [-0.39, 0.29) is 0 Å². The van der Waals surface area contributed by atoms with Crippen LogP contribution in [0.1, 0.15) is 5.82 Å². The molecule has 14 heavy (non-hydrogen) atoms. The largest absolute Gasteiger partial charge is 0.384 e. The number of hydrogen-bond donors (Lipinski definition) is 0. The Morgan fingerprint density at radius 3 is 3.14 bits per heavy atom. The van der Waals surface area contributed by atoms with Crippen molar-refractivity contribution < 1.29 is 4.74 Å². The van der Waals surface area contributed by atoms with Gasteiger partial charge >= 0.3 is 0 Å². The van der Waals surface area contributed by atoms with E-state index in [9.17, 15) is 0 Å². The first-order chi connectivity index (χ1) is 6.83. The van der Waals surface area contributed by atoms with E-state index in [0.29, 0.717) is 6.61 Å². The summed E-state index contributed by atoms with van der Waals surface area (Å²) in [6.07, 6.45) is 2.72. The van der Waals surface area contributed by atoms with Crippen molar-refractivity contribution in [1.29, 1.82) is 0 Å². The van der Waals surface area contributed by atoms with E-state index < -0.39 is 0 Å². The van der Waals surface area contributed by atoms with Crippen molar-refractivity contribution in [2.45, 2.75) is 6.42 Å². The molecule has 0 aliphatic carbocycles. The van der Waals surface area contributed by atoms with Crippen LogP contribution in [0.3, 0.4) is 0 Å². The van der Waals surface area contributed by atoms with E-state index in [0.717, 1.165) is 22.4 Å². The van der Waals surface area contributed by atoms with Gasteiger partial charge in [0, 0.05) is 19.7 Å². The third-order valence-corrected chi connectivity index (χ3v) is 2.61. The van der Waals surface area contributed by atoms with Crippen molar-refractivity contribution in [3.05, 3.63) is 28.6 Å². The molecule has 0 saturated heterocycles. The third kappa shape index (κ3) is 1.65. The van der Waals surface area contributed by atoms with Gasteiger partial charge in [-0.1, -0.05) is 0 Å². The van der Waals surface area contributed by atoms with E-state index in [4.69, 9.17) is 4.74 Å². The number of nitrogens with zero attached hydrogens (tertiary/aromatic N) is 3. The summed E-state index contributed by atoms with van der Waals surface area (Å²) in [6, 6.07) is 3.90. The van der Waals surface area contributed by atoms with E-state index in [1.807, 2.05) is 22.7 Å². The van der Waals surface area contributed by atoms with Crippen LogP contribution in [0.25, 0.3) is 5.65 Å². The molecular weight excluding hydrogens is 246 g/mol. The highest BCUT2D eigenvalue weighted by molar-refractivity contribution is 9.10. The fraction of sp³-hybridized carbons (Fsp3) is 0.333. The molecule has 0 N–H and O–H groups in total. The smallest absolute Gasteiger partial charge is 0.175 e. The predicted molar refractivity (Wildman–Crippen MR) is 56.3 cm³/mol. The highest BCUT2D eigenvalue weighted by Gasteiger charge is 2.06. The molecule has 0 aliphatic heterocycles. The molecule has 0 amide bonds. The Hall–Kier alpha value is -0.940. The molecule has 0 saturated carbocycles. The number of rotatable bonds is 3. The normalized spacial score (nSPS) is 11.0. The lowest BCUT2D eigenvalue weighted by molar-refractivity contribution is 0.200. The second-order valence-corrected chi connectivity index (χ2v) is 3.76. The van der Waals surface area contributed by atoms with Crippen molar-refractivity contribution >= 4 is 21.6 Å². The van der Waals surface area contributed by atoms with Gasteiger partial charge in [0.2, 0.25) is 0 Å². The van der Waals surface area contributed by atoms with Crippen LogP contribution in [-0.4, -0.2) is 28.3 Å². The Morgan fingerprint density at radius 1 is 1.50 bits per heavy atom. The minimum atomic E-state index is 0.660. The maximum absolute atomic E-state index is 5.00. The molecule has 0 fully saturated rings. The molecule has 4 nitrogen and oxygen atoms in total. The summed E-state index contributed by atoms with van der Waals surface area (Å²) in [5, 5.41) is 8.18. The minimum absolute atomic E-state index is 0.660. The topological polar surface area (TPSA) is 39.4 Å². The van der Waals surface area contributed by atoms with Crippen molar-refractivity contribution in [2.75, 3.05) is 13.7 Å². The number of pyridine rings is 1. The third-order valence-electron chi connectivity index (χ3n) is 1.99. The Morgan fingerprint density at radius 2 is 2.36 bits per heavy atom. The molecule has 74 valence electrons. The van der Waals surface area contributed by atoms with Gasteiger partial charge in [-0.15, -0.1) is 10.2 Å². The van der Waals surface area contributed by atoms with Crippen LogP contribution < -0.4 is 0 Å². The van der Waals surface area contributed by atoms with Crippen LogP contribution in [0.4, 0.5) is 0 Å². The van der Waals surface area contributed by atoms with Crippen LogP contribution in [0.2, 0.25) is 0 Å². The zero-order valence-electron chi connectivity index (χ0n) is 7.77. The first-order valence-electron chi connectivity index (χ1n) is 4.30. The number of fused-ring (bicyclic) bond motifs is 1. The lowest BCUT2D eigenvalue weighted by Crippen LogP contribution is -2.00. The summed E-state index contributed by atoms with van der Waals surface area (Å²) in [4.78, 5) is 0. The van der Waals surface area contributed by atoms with Crippen LogP contribution in [0.15, 0.2) is 22.8 Å². The Labute approximate surface area is 90.0 Å². The Bertz CT molecular complexity index is 441. The number of hydrogen-bond acceptors (Lipinski definition) is 3. The molecule has 2 heterocycles. The van der Waals surface area contributed by atoms with Gasteiger partial charge in [-0.25, -0.2) is 0 Å². The number of aromatic nitrogens is 3. The molecule has 0 bridgehead atoms. The second kappa shape index (κ2) is 4.06. The maximum Gasteiger partial charge on any atom is 0.175 e. The first-order valence-corrected chi connectivity index (χ1v) is 5.09. The van der Waals surface area contributed by atoms with Crippen molar-refractivity contribution in [3.8, 4) is 0 Å². The summed E-state index contributed by atoms with van der Waals surface area (Å²) >= 11 is 3.42. The van der Waals surface area contributed by atoms with Crippen LogP contribution in [0.5, 0.6) is 0 Å². The molecular formula is C9H10BrN3O. The summed E-state index contributed by atoms with van der Waals surface area (Å²) in [5.74, 6) is 0.920. The van der Waals surface area contributed by atoms with Gasteiger partial charge < -0.3 is 4.74 Å². The zero-order valence-corrected chi connectivity index (χ0v) is 9.36. The lowest BCUT2D eigenvalue weighted by atomic mass is 10.4. The summed E-state index contributed by atoms with van der Waals surface area (Å²) in [5.41, 5.74) is 0.846. The fourth-order valence-electron chi connectivity index (χ4n) is 1.30. The summed E-state index contributed by atoms with van der Waals surface area (Å²) in [6.45, 7) is 0.660. The molecule has 0 atom stereocenters. The molecule has 0 aliphatic rings. The van der Waals surface area contributed by atoms with E-state index >= 15 is 0 Å². The molecule has 0 radical (unpaired) electrons. The Balaban J connectivity index is 2.42. The molecule has 0 spiro atoms. The number of halogens is 1. The molecule has 2 aromatic rings. The standard InChI is InChI=1S/C9H10BrN3O/c1-14-6-4-8-11-12-9-7(10)3-2-5-13(8)9/h2-3,5H,4,6H2,1H3. The number of ether oxygens (including phenoxy) is 1. The average molecular weight is 256 g/mol. The number of methoxy groups -OCH3 is 1. The van der Waals surface area contributed by atoms with Gasteiger partial charge in [0.1, 0.15) is 5.82 Å². The average Bonchev–Trinajstić information content (AvgIpc) is 2.60. The summed E-state index contributed by atoms with van der Waals surface area (Å²) in [7, 11) is 1.68. The second-order valence-electron chi connectivity index (χ2n) is 2.91. The zero-order chi connectivity index (χ0) is 9.97. The van der Waals surface area contributed by atoms with Gasteiger partial charge in [0.25, 0.3) is 0 Å². The van der Waals surface area contributed by atoms with Gasteiger partial charge in [-0.3, -0.25) is 4.40 Å². The van der Waals surface area contributed by atoms with Crippen LogP contribution in [0, 0.1) is 0 Å².